The number of benzene rings is 1. The van der Waals surface area contributed by atoms with E-state index in [-0.39, 0.29) is 5.69 Å². The van der Waals surface area contributed by atoms with Gasteiger partial charge in [-0.25, -0.2) is 14.3 Å². The van der Waals surface area contributed by atoms with E-state index in [9.17, 15) is 4.79 Å². The Balaban J connectivity index is 2.68. The molecule has 0 unspecified atom stereocenters. The Bertz CT molecular complexity index is 752. The fourth-order valence-electron chi connectivity index (χ4n) is 2.07. The number of hydrogen-bond donors (Lipinski definition) is 1. The van der Waals surface area contributed by atoms with E-state index in [1.54, 1.807) is 4.40 Å². The van der Waals surface area contributed by atoms with Gasteiger partial charge in [0, 0.05) is 5.39 Å². The molecule has 0 fully saturated rings. The summed E-state index contributed by atoms with van der Waals surface area (Å²) in [5.74, 6) is 0. The monoisotopic (exact) mass is 213 g/mol. The van der Waals surface area contributed by atoms with E-state index < -0.39 is 0 Å². The fraction of sp³-hybridized carbons (Fsp3) is 0.167. The topological polar surface area (TPSA) is 50.2 Å². The van der Waals surface area contributed by atoms with Gasteiger partial charge in [-0.05, 0) is 37.6 Å². The van der Waals surface area contributed by atoms with Crippen LogP contribution in [-0.2, 0) is 0 Å². The number of aryl methyl sites for hydroxylation is 2. The number of pyridine rings is 1. The van der Waals surface area contributed by atoms with E-state index in [1.807, 2.05) is 32.0 Å². The summed E-state index contributed by atoms with van der Waals surface area (Å²) in [5.41, 5.74) is 3.69. The molecule has 3 rings (SSSR count). The lowest BCUT2D eigenvalue weighted by atomic mass is 10.1. The zero-order valence-electron chi connectivity index (χ0n) is 9.11. The molecule has 0 saturated carbocycles. The SMILES string of the molecule is Cc1ccc2c(c1)c(C)cc1n[nH]c(=O)n12. The number of rotatable bonds is 0. The number of hydrogen-bond acceptors (Lipinski definition) is 2. The number of nitrogens with one attached hydrogen (secondary N) is 1. The van der Waals surface area contributed by atoms with Gasteiger partial charge >= 0.3 is 5.69 Å². The molecule has 4 heteroatoms. The van der Waals surface area contributed by atoms with Crippen molar-refractivity contribution in [3.63, 3.8) is 0 Å². The molecular formula is C12H11N3O. The highest BCUT2D eigenvalue weighted by Crippen LogP contribution is 2.20. The maximum Gasteiger partial charge on any atom is 0.348 e. The summed E-state index contributed by atoms with van der Waals surface area (Å²) in [6.45, 7) is 4.07. The molecule has 1 N–H and O–H groups in total. The summed E-state index contributed by atoms with van der Waals surface area (Å²) in [6, 6.07) is 7.96. The first-order valence-electron chi connectivity index (χ1n) is 5.14. The Labute approximate surface area is 91.5 Å². The van der Waals surface area contributed by atoms with Crippen molar-refractivity contribution in [1.82, 2.24) is 14.6 Å². The summed E-state index contributed by atoms with van der Waals surface area (Å²) in [5, 5.41) is 7.54. The zero-order valence-corrected chi connectivity index (χ0v) is 9.11. The Morgan fingerprint density at radius 2 is 2.06 bits per heavy atom. The maximum atomic E-state index is 11.6. The van der Waals surface area contributed by atoms with Crippen LogP contribution in [0.1, 0.15) is 11.1 Å². The van der Waals surface area contributed by atoms with Gasteiger partial charge in [-0.1, -0.05) is 11.6 Å². The molecule has 0 radical (unpaired) electrons. The minimum absolute atomic E-state index is 0.191. The lowest BCUT2D eigenvalue weighted by Gasteiger charge is -2.05. The summed E-state index contributed by atoms with van der Waals surface area (Å²) in [6.07, 6.45) is 0. The third-order valence-electron chi connectivity index (χ3n) is 2.86. The molecule has 0 amide bonds. The Morgan fingerprint density at radius 3 is 2.88 bits per heavy atom. The van der Waals surface area contributed by atoms with Crippen LogP contribution >= 0.6 is 0 Å². The van der Waals surface area contributed by atoms with Crippen molar-refractivity contribution in [3.8, 4) is 0 Å². The first-order valence-corrected chi connectivity index (χ1v) is 5.14. The molecule has 3 aromatic rings. The van der Waals surface area contributed by atoms with Crippen LogP contribution in [0.4, 0.5) is 0 Å². The number of aromatic nitrogens is 3. The van der Waals surface area contributed by atoms with E-state index in [0.29, 0.717) is 5.65 Å². The second-order valence-corrected chi connectivity index (χ2v) is 4.07. The number of nitrogens with zero attached hydrogens (tertiary/aromatic N) is 2. The van der Waals surface area contributed by atoms with Crippen molar-refractivity contribution < 1.29 is 0 Å². The molecule has 0 spiro atoms. The van der Waals surface area contributed by atoms with Gasteiger partial charge in [-0.2, -0.15) is 5.10 Å². The highest BCUT2D eigenvalue weighted by Gasteiger charge is 2.07. The van der Waals surface area contributed by atoms with Gasteiger partial charge in [-0.15, -0.1) is 0 Å². The van der Waals surface area contributed by atoms with Crippen LogP contribution < -0.4 is 5.69 Å². The highest BCUT2D eigenvalue weighted by atomic mass is 16.1. The van der Waals surface area contributed by atoms with E-state index in [0.717, 1.165) is 16.5 Å². The quantitative estimate of drug-likeness (QED) is 0.619. The van der Waals surface area contributed by atoms with Crippen LogP contribution in [0.15, 0.2) is 29.1 Å². The second-order valence-electron chi connectivity index (χ2n) is 4.07. The average Bonchev–Trinajstić information content (AvgIpc) is 2.61. The fourth-order valence-corrected chi connectivity index (χ4v) is 2.07. The lowest BCUT2D eigenvalue weighted by Crippen LogP contribution is -2.10. The number of aromatic amines is 1. The standard InChI is InChI=1S/C12H11N3O/c1-7-3-4-10-9(5-7)8(2)6-11-13-14-12(16)15(10)11/h3-6H,1-2H3,(H,14,16). The molecule has 16 heavy (non-hydrogen) atoms. The molecule has 0 aliphatic rings. The largest absolute Gasteiger partial charge is 0.348 e. The van der Waals surface area contributed by atoms with E-state index in [4.69, 9.17) is 0 Å². The van der Waals surface area contributed by atoms with Crippen molar-refractivity contribution in [3.05, 3.63) is 45.9 Å². The third kappa shape index (κ3) is 1.10. The molecule has 0 bridgehead atoms. The van der Waals surface area contributed by atoms with Gasteiger partial charge in [0.15, 0.2) is 5.65 Å². The summed E-state index contributed by atoms with van der Waals surface area (Å²) >= 11 is 0. The Morgan fingerprint density at radius 1 is 1.25 bits per heavy atom. The first kappa shape index (κ1) is 9.15. The molecule has 4 nitrogen and oxygen atoms in total. The summed E-state index contributed by atoms with van der Waals surface area (Å²) in [7, 11) is 0. The maximum absolute atomic E-state index is 11.6. The molecule has 2 heterocycles. The van der Waals surface area contributed by atoms with Gasteiger partial charge in [0.2, 0.25) is 0 Å². The van der Waals surface area contributed by atoms with Crippen molar-refractivity contribution in [2.45, 2.75) is 13.8 Å². The molecule has 0 aliphatic heterocycles. The molecule has 2 aromatic heterocycles. The Kier molecular flexibility index (Phi) is 1.68. The van der Waals surface area contributed by atoms with Gasteiger partial charge in [0.05, 0.1) is 5.52 Å². The molecular weight excluding hydrogens is 202 g/mol. The van der Waals surface area contributed by atoms with Gasteiger partial charge < -0.3 is 0 Å². The van der Waals surface area contributed by atoms with Gasteiger partial charge in [0.25, 0.3) is 0 Å². The molecule has 0 saturated heterocycles. The van der Waals surface area contributed by atoms with E-state index in [2.05, 4.69) is 16.3 Å². The molecule has 0 atom stereocenters. The lowest BCUT2D eigenvalue weighted by molar-refractivity contribution is 1.04. The average molecular weight is 213 g/mol. The molecule has 0 aliphatic carbocycles. The van der Waals surface area contributed by atoms with E-state index >= 15 is 0 Å². The van der Waals surface area contributed by atoms with Crippen molar-refractivity contribution in [2.24, 2.45) is 0 Å². The number of H-pyrrole nitrogens is 1. The van der Waals surface area contributed by atoms with Crippen molar-refractivity contribution in [1.29, 1.82) is 0 Å². The predicted molar refractivity (Wildman–Crippen MR) is 62.8 cm³/mol. The van der Waals surface area contributed by atoms with E-state index in [1.165, 1.54) is 5.56 Å². The highest BCUT2D eigenvalue weighted by molar-refractivity contribution is 5.85. The van der Waals surface area contributed by atoms with Crippen LogP contribution in [0.5, 0.6) is 0 Å². The van der Waals surface area contributed by atoms with Crippen LogP contribution in [0.25, 0.3) is 16.6 Å². The van der Waals surface area contributed by atoms with Crippen molar-refractivity contribution in [2.75, 3.05) is 0 Å². The van der Waals surface area contributed by atoms with Crippen LogP contribution in [-0.4, -0.2) is 14.6 Å². The zero-order chi connectivity index (χ0) is 11.3. The van der Waals surface area contributed by atoms with Crippen LogP contribution in [0.2, 0.25) is 0 Å². The molecule has 80 valence electrons. The predicted octanol–water partition coefficient (Wildman–Crippen LogP) is 1.79. The normalized spacial score (nSPS) is 11.4. The minimum atomic E-state index is -0.191. The minimum Gasteiger partial charge on any atom is -0.246 e. The second kappa shape index (κ2) is 2.95. The summed E-state index contributed by atoms with van der Waals surface area (Å²) in [4.78, 5) is 11.6. The van der Waals surface area contributed by atoms with Crippen molar-refractivity contribution >= 4 is 16.6 Å². The van der Waals surface area contributed by atoms with Gasteiger partial charge in [-0.3, -0.25) is 0 Å². The van der Waals surface area contributed by atoms with Crippen LogP contribution in [0.3, 0.4) is 0 Å². The smallest absolute Gasteiger partial charge is 0.246 e. The molecule has 1 aromatic carbocycles. The van der Waals surface area contributed by atoms with Crippen LogP contribution in [0, 0.1) is 13.8 Å². The number of fused-ring (bicyclic) bond motifs is 3. The third-order valence-corrected chi connectivity index (χ3v) is 2.86. The van der Waals surface area contributed by atoms with Gasteiger partial charge in [0.1, 0.15) is 0 Å². The summed E-state index contributed by atoms with van der Waals surface area (Å²) < 4.78 is 1.60. The Hall–Kier alpha value is -2.10. The first-order chi connectivity index (χ1) is 7.66.